The number of pyridine rings is 1. The quantitative estimate of drug-likeness (QED) is 0.333. The van der Waals surface area contributed by atoms with Crippen LogP contribution in [0.25, 0.3) is 0 Å². The van der Waals surface area contributed by atoms with Crippen LogP contribution in [0.5, 0.6) is 0 Å². The molecule has 0 saturated carbocycles. The number of amides is 1. The van der Waals surface area contributed by atoms with Gasteiger partial charge in [0.15, 0.2) is 0 Å². The van der Waals surface area contributed by atoms with E-state index in [1.807, 2.05) is 0 Å². The van der Waals surface area contributed by atoms with Crippen LogP contribution in [0, 0.1) is 0 Å². The second kappa shape index (κ2) is 8.49. The number of aromatic nitrogens is 1. The number of hydrogen-bond donors (Lipinski definition) is 2. The largest absolute Gasteiger partial charge is 0.409 e. The molecular weight excluding hydrogens is 328 g/mol. The zero-order valence-corrected chi connectivity index (χ0v) is 12.7. The predicted octanol–water partition coefficient (Wildman–Crippen LogP) is 1.07. The van der Waals surface area contributed by atoms with Gasteiger partial charge in [-0.05, 0) is 28.1 Å². The fraction of sp³-hybridized carbons (Fsp3) is 0.417. The highest BCUT2D eigenvalue weighted by Crippen LogP contribution is 2.09. The van der Waals surface area contributed by atoms with Gasteiger partial charge in [0, 0.05) is 37.3 Å². The predicted molar refractivity (Wildman–Crippen MR) is 77.7 cm³/mol. The van der Waals surface area contributed by atoms with Crippen molar-refractivity contribution in [2.24, 2.45) is 10.9 Å². The molecule has 0 radical (unpaired) electrons. The van der Waals surface area contributed by atoms with Crippen LogP contribution in [-0.4, -0.2) is 53.6 Å². The molecule has 0 saturated heterocycles. The maximum Gasteiger partial charge on any atom is 0.272 e. The summed E-state index contributed by atoms with van der Waals surface area (Å²) in [5.74, 6) is -0.149. The average molecular weight is 345 g/mol. The molecule has 20 heavy (non-hydrogen) atoms. The van der Waals surface area contributed by atoms with Crippen LogP contribution in [0.2, 0.25) is 0 Å². The summed E-state index contributed by atoms with van der Waals surface area (Å²) in [6.07, 6.45) is 1.84. The van der Waals surface area contributed by atoms with Crippen molar-refractivity contribution < 1.29 is 14.7 Å². The molecule has 0 spiro atoms. The van der Waals surface area contributed by atoms with Crippen molar-refractivity contribution in [3.8, 4) is 0 Å². The molecule has 0 aliphatic rings. The summed E-state index contributed by atoms with van der Waals surface area (Å²) in [6.45, 7) is 1.14. The third-order valence-electron chi connectivity index (χ3n) is 2.57. The third kappa shape index (κ3) is 5.14. The Hall–Kier alpha value is -1.67. The maximum atomic E-state index is 12.3. The Labute approximate surface area is 125 Å². The van der Waals surface area contributed by atoms with E-state index in [2.05, 4.69) is 26.1 Å². The fourth-order valence-electron chi connectivity index (χ4n) is 1.48. The van der Waals surface area contributed by atoms with Gasteiger partial charge in [-0.1, -0.05) is 5.16 Å². The lowest BCUT2D eigenvalue weighted by atomic mass is 10.3. The summed E-state index contributed by atoms with van der Waals surface area (Å²) in [5, 5.41) is 11.4. The van der Waals surface area contributed by atoms with Crippen LogP contribution in [-0.2, 0) is 4.74 Å². The Bertz CT molecular complexity index is 464. The maximum absolute atomic E-state index is 12.3. The molecule has 0 atom stereocenters. The molecule has 1 heterocycles. The van der Waals surface area contributed by atoms with Gasteiger partial charge in [-0.2, -0.15) is 0 Å². The van der Waals surface area contributed by atoms with E-state index in [4.69, 9.17) is 15.7 Å². The number of amidine groups is 1. The molecule has 1 aromatic heterocycles. The van der Waals surface area contributed by atoms with Gasteiger partial charge in [-0.15, -0.1) is 0 Å². The van der Waals surface area contributed by atoms with Gasteiger partial charge in [0.25, 0.3) is 5.91 Å². The molecule has 3 N–H and O–H groups in total. The summed E-state index contributed by atoms with van der Waals surface area (Å²) in [5.41, 5.74) is 5.75. The van der Waals surface area contributed by atoms with Crippen molar-refractivity contribution in [3.05, 3.63) is 28.5 Å². The highest BCUT2D eigenvalue weighted by molar-refractivity contribution is 9.10. The molecule has 110 valence electrons. The topological polar surface area (TPSA) is 101 Å². The Morgan fingerprint density at radius 3 is 2.85 bits per heavy atom. The molecule has 1 aromatic rings. The summed E-state index contributed by atoms with van der Waals surface area (Å²) >= 11 is 3.27. The highest BCUT2D eigenvalue weighted by atomic mass is 79.9. The Morgan fingerprint density at radius 2 is 2.30 bits per heavy atom. The van der Waals surface area contributed by atoms with Crippen LogP contribution >= 0.6 is 15.9 Å². The number of nitrogens with zero attached hydrogens (tertiary/aromatic N) is 3. The van der Waals surface area contributed by atoms with Crippen molar-refractivity contribution in [2.75, 3.05) is 26.8 Å². The fourth-order valence-corrected chi connectivity index (χ4v) is 1.71. The first-order valence-corrected chi connectivity index (χ1v) is 6.74. The molecule has 0 fully saturated rings. The van der Waals surface area contributed by atoms with Crippen molar-refractivity contribution in [1.82, 2.24) is 9.88 Å². The van der Waals surface area contributed by atoms with Crippen LogP contribution < -0.4 is 5.73 Å². The average Bonchev–Trinajstić information content (AvgIpc) is 2.47. The van der Waals surface area contributed by atoms with Crippen LogP contribution in [0.1, 0.15) is 16.9 Å². The van der Waals surface area contributed by atoms with Crippen LogP contribution in [0.3, 0.4) is 0 Å². The minimum absolute atomic E-state index is 0.0731. The molecule has 0 aliphatic heterocycles. The summed E-state index contributed by atoms with van der Waals surface area (Å²) < 4.78 is 5.78. The monoisotopic (exact) mass is 344 g/mol. The van der Waals surface area contributed by atoms with Gasteiger partial charge in [-0.3, -0.25) is 4.79 Å². The number of rotatable bonds is 7. The van der Waals surface area contributed by atoms with E-state index in [0.29, 0.717) is 25.4 Å². The molecule has 0 aromatic carbocycles. The lowest BCUT2D eigenvalue weighted by Gasteiger charge is -2.21. The van der Waals surface area contributed by atoms with E-state index in [-0.39, 0.29) is 18.2 Å². The van der Waals surface area contributed by atoms with Gasteiger partial charge in [0.05, 0.1) is 6.61 Å². The summed E-state index contributed by atoms with van der Waals surface area (Å²) in [6, 6.07) is 3.38. The van der Waals surface area contributed by atoms with Crippen LogP contribution in [0.15, 0.2) is 28.0 Å². The lowest BCUT2D eigenvalue weighted by Crippen LogP contribution is -2.37. The summed E-state index contributed by atoms with van der Waals surface area (Å²) in [7, 11) is 1.56. The van der Waals surface area contributed by atoms with Crippen molar-refractivity contribution in [2.45, 2.75) is 6.42 Å². The van der Waals surface area contributed by atoms with E-state index in [0.717, 1.165) is 4.47 Å². The molecule has 7 nitrogen and oxygen atoms in total. The molecular formula is C12H17BrN4O3. The van der Waals surface area contributed by atoms with Crippen LogP contribution in [0.4, 0.5) is 0 Å². The lowest BCUT2D eigenvalue weighted by molar-refractivity contribution is 0.0695. The Kier molecular flexibility index (Phi) is 6.96. The number of nitrogens with two attached hydrogens (primary N) is 1. The molecule has 0 unspecified atom stereocenters. The number of carbonyl (C=O) groups is 1. The van der Waals surface area contributed by atoms with Crippen molar-refractivity contribution in [1.29, 1.82) is 0 Å². The van der Waals surface area contributed by atoms with E-state index in [1.54, 1.807) is 30.3 Å². The first-order valence-electron chi connectivity index (χ1n) is 5.94. The smallest absolute Gasteiger partial charge is 0.272 e. The van der Waals surface area contributed by atoms with E-state index >= 15 is 0 Å². The van der Waals surface area contributed by atoms with Crippen molar-refractivity contribution in [3.63, 3.8) is 0 Å². The highest BCUT2D eigenvalue weighted by Gasteiger charge is 2.17. The zero-order chi connectivity index (χ0) is 15.0. The van der Waals surface area contributed by atoms with Crippen molar-refractivity contribution >= 4 is 27.7 Å². The normalized spacial score (nSPS) is 11.4. The minimum atomic E-state index is -0.222. The molecule has 8 heteroatoms. The first kappa shape index (κ1) is 16.4. The van der Waals surface area contributed by atoms with Gasteiger partial charge < -0.3 is 20.6 Å². The molecule has 0 bridgehead atoms. The first-order chi connectivity index (χ1) is 9.58. The second-order valence-corrected chi connectivity index (χ2v) is 4.90. The van der Waals surface area contributed by atoms with Gasteiger partial charge in [0.2, 0.25) is 0 Å². The zero-order valence-electron chi connectivity index (χ0n) is 11.1. The Balaban J connectivity index is 2.75. The van der Waals surface area contributed by atoms with E-state index in [1.165, 1.54) is 0 Å². The molecule has 1 amide bonds. The number of oxime groups is 1. The van der Waals surface area contributed by atoms with Gasteiger partial charge in [0.1, 0.15) is 11.5 Å². The van der Waals surface area contributed by atoms with E-state index < -0.39 is 0 Å². The number of hydrogen-bond acceptors (Lipinski definition) is 5. The van der Waals surface area contributed by atoms with Gasteiger partial charge in [-0.25, -0.2) is 4.98 Å². The third-order valence-corrected chi connectivity index (χ3v) is 3.03. The standard InChI is InChI=1S/C12H17BrN4O3/c1-20-7-6-17(5-4-11(14)16-19)12(18)10-3-2-9(13)8-15-10/h2-3,8,19H,4-7H2,1H3,(H2,14,16). The summed E-state index contributed by atoms with van der Waals surface area (Å²) in [4.78, 5) is 17.9. The number of ether oxygens (including phenoxy) is 1. The second-order valence-electron chi connectivity index (χ2n) is 3.99. The number of methoxy groups -OCH3 is 1. The van der Waals surface area contributed by atoms with E-state index in [9.17, 15) is 4.79 Å². The Morgan fingerprint density at radius 1 is 1.55 bits per heavy atom. The molecule has 0 aliphatic carbocycles. The molecule has 1 rings (SSSR count). The number of carbonyl (C=O) groups excluding carboxylic acids is 1. The number of halogens is 1. The van der Waals surface area contributed by atoms with Gasteiger partial charge >= 0.3 is 0 Å². The minimum Gasteiger partial charge on any atom is -0.409 e. The SMILES string of the molecule is COCCN(CCC(N)=NO)C(=O)c1ccc(Br)cn1.